The Morgan fingerprint density at radius 3 is 2.33 bits per heavy atom. The highest BCUT2D eigenvalue weighted by Gasteiger charge is 2.14. The van der Waals surface area contributed by atoms with E-state index < -0.39 is 0 Å². The Bertz CT molecular complexity index is 1070. The maximum Gasteiger partial charge on any atom is 0.252 e. The van der Waals surface area contributed by atoms with Gasteiger partial charge in [0.1, 0.15) is 5.75 Å². The van der Waals surface area contributed by atoms with Crippen LogP contribution in [-0.2, 0) is 13.1 Å². The summed E-state index contributed by atoms with van der Waals surface area (Å²) in [5.41, 5.74) is 3.21. The summed E-state index contributed by atoms with van der Waals surface area (Å²) < 4.78 is 5.42. The summed E-state index contributed by atoms with van der Waals surface area (Å²) in [7, 11) is 1.67. The third-order valence-electron chi connectivity index (χ3n) is 4.69. The van der Waals surface area contributed by atoms with Gasteiger partial charge in [-0.05, 0) is 23.8 Å². The zero-order valence-electron chi connectivity index (χ0n) is 16.8. The third kappa shape index (κ3) is 4.72. The van der Waals surface area contributed by atoms with Crippen LogP contribution in [0.2, 0.25) is 0 Å². The first-order valence-electron chi connectivity index (χ1n) is 9.75. The molecule has 0 aliphatic heterocycles. The normalized spacial score (nSPS) is 10.4. The van der Waals surface area contributed by atoms with Crippen LogP contribution in [-0.4, -0.2) is 22.3 Å². The lowest BCUT2D eigenvalue weighted by atomic mass is 10.2. The molecule has 3 aromatic carbocycles. The number of hydrogen-bond acceptors (Lipinski definition) is 6. The van der Waals surface area contributed by atoms with Gasteiger partial charge in [-0.15, -0.1) is 5.10 Å². The SMILES string of the molecule is COc1ccccc1CNc1cnnc(N(Cc2ccccc2)c2ccccc2)n1. The minimum Gasteiger partial charge on any atom is -0.496 e. The van der Waals surface area contributed by atoms with Crippen LogP contribution in [0.4, 0.5) is 17.5 Å². The fourth-order valence-electron chi connectivity index (χ4n) is 3.18. The Kier molecular flexibility index (Phi) is 6.15. The Labute approximate surface area is 176 Å². The predicted molar refractivity (Wildman–Crippen MR) is 119 cm³/mol. The minimum atomic E-state index is 0.537. The van der Waals surface area contributed by atoms with Crippen LogP contribution in [0.15, 0.2) is 91.1 Å². The molecule has 0 unspecified atom stereocenters. The molecule has 0 bridgehead atoms. The van der Waals surface area contributed by atoms with Gasteiger partial charge in [-0.25, -0.2) is 0 Å². The maximum absolute atomic E-state index is 5.42. The molecule has 0 saturated carbocycles. The van der Waals surface area contributed by atoms with Gasteiger partial charge < -0.3 is 15.0 Å². The summed E-state index contributed by atoms with van der Waals surface area (Å²) in [5.74, 6) is 2.03. The molecule has 0 saturated heterocycles. The summed E-state index contributed by atoms with van der Waals surface area (Å²) in [6, 6.07) is 28.2. The summed E-state index contributed by atoms with van der Waals surface area (Å²) in [6.45, 7) is 1.22. The molecule has 0 amide bonds. The van der Waals surface area contributed by atoms with Crippen molar-refractivity contribution in [1.82, 2.24) is 15.2 Å². The van der Waals surface area contributed by atoms with Crippen LogP contribution >= 0.6 is 0 Å². The first-order chi connectivity index (χ1) is 14.8. The number of benzene rings is 3. The van der Waals surface area contributed by atoms with E-state index in [4.69, 9.17) is 9.72 Å². The standard InChI is InChI=1S/C24H23N5O/c1-30-22-15-9-8-12-20(22)16-25-23-17-26-28-24(27-23)29(21-13-6-3-7-14-21)18-19-10-4-2-5-11-19/h2-15,17H,16,18H2,1H3,(H,25,27,28). The van der Waals surface area contributed by atoms with E-state index in [1.54, 1.807) is 13.3 Å². The van der Waals surface area contributed by atoms with Crippen LogP contribution in [0.25, 0.3) is 0 Å². The van der Waals surface area contributed by atoms with Gasteiger partial charge in [0.25, 0.3) is 5.95 Å². The number of aromatic nitrogens is 3. The largest absolute Gasteiger partial charge is 0.496 e. The molecule has 0 aliphatic carbocycles. The number of hydrogen-bond donors (Lipinski definition) is 1. The second kappa shape index (κ2) is 9.52. The van der Waals surface area contributed by atoms with Gasteiger partial charge in [-0.3, -0.25) is 0 Å². The first kappa shape index (κ1) is 19.4. The topological polar surface area (TPSA) is 63.2 Å². The molecule has 4 aromatic rings. The Morgan fingerprint density at radius 1 is 0.867 bits per heavy atom. The van der Waals surface area contributed by atoms with Gasteiger partial charge in [0.15, 0.2) is 5.82 Å². The minimum absolute atomic E-state index is 0.537. The monoisotopic (exact) mass is 397 g/mol. The van der Waals surface area contributed by atoms with E-state index in [0.717, 1.165) is 22.6 Å². The molecule has 0 aliphatic rings. The fourth-order valence-corrected chi connectivity index (χ4v) is 3.18. The molecule has 6 nitrogen and oxygen atoms in total. The van der Waals surface area contributed by atoms with E-state index >= 15 is 0 Å². The highest BCUT2D eigenvalue weighted by molar-refractivity contribution is 5.58. The number of rotatable bonds is 8. The maximum atomic E-state index is 5.42. The molecule has 0 fully saturated rings. The van der Waals surface area contributed by atoms with E-state index in [2.05, 4.69) is 32.5 Å². The summed E-state index contributed by atoms with van der Waals surface area (Å²) >= 11 is 0. The van der Waals surface area contributed by atoms with Crippen LogP contribution in [0.3, 0.4) is 0 Å². The van der Waals surface area contributed by atoms with Gasteiger partial charge in [0.05, 0.1) is 19.9 Å². The molecule has 0 radical (unpaired) electrons. The Morgan fingerprint density at radius 2 is 1.57 bits per heavy atom. The Balaban J connectivity index is 1.58. The zero-order valence-corrected chi connectivity index (χ0v) is 16.8. The van der Waals surface area contributed by atoms with Crippen molar-refractivity contribution in [3.8, 4) is 5.75 Å². The molecule has 4 rings (SSSR count). The van der Waals surface area contributed by atoms with Gasteiger partial charge in [-0.2, -0.15) is 10.1 Å². The lowest BCUT2D eigenvalue weighted by Crippen LogP contribution is -2.20. The molecule has 1 aromatic heterocycles. The number of nitrogens with one attached hydrogen (secondary N) is 1. The van der Waals surface area contributed by atoms with E-state index in [9.17, 15) is 0 Å². The van der Waals surface area contributed by atoms with Crippen LogP contribution in [0, 0.1) is 0 Å². The summed E-state index contributed by atoms with van der Waals surface area (Å²) in [4.78, 5) is 6.77. The van der Waals surface area contributed by atoms with Crippen molar-refractivity contribution >= 4 is 17.5 Å². The van der Waals surface area contributed by atoms with Crippen molar-refractivity contribution in [2.45, 2.75) is 13.1 Å². The number of nitrogens with zero attached hydrogens (tertiary/aromatic N) is 4. The van der Waals surface area contributed by atoms with Crippen molar-refractivity contribution < 1.29 is 4.74 Å². The first-order valence-corrected chi connectivity index (χ1v) is 9.75. The number of anilines is 3. The fraction of sp³-hybridized carbons (Fsp3) is 0.125. The Hall–Kier alpha value is -3.93. The van der Waals surface area contributed by atoms with Crippen LogP contribution < -0.4 is 15.0 Å². The van der Waals surface area contributed by atoms with E-state index in [0.29, 0.717) is 24.9 Å². The van der Waals surface area contributed by atoms with Crippen molar-refractivity contribution in [3.05, 3.63) is 102 Å². The number of ether oxygens (including phenoxy) is 1. The second-order valence-electron chi connectivity index (χ2n) is 6.71. The van der Waals surface area contributed by atoms with E-state index in [1.165, 1.54) is 0 Å². The smallest absolute Gasteiger partial charge is 0.252 e. The van der Waals surface area contributed by atoms with Crippen molar-refractivity contribution in [2.24, 2.45) is 0 Å². The molecule has 1 heterocycles. The molecule has 0 spiro atoms. The van der Waals surface area contributed by atoms with Gasteiger partial charge in [-0.1, -0.05) is 66.7 Å². The zero-order chi connectivity index (χ0) is 20.6. The molecule has 150 valence electrons. The number of para-hydroxylation sites is 2. The number of methoxy groups -OCH3 is 1. The average Bonchev–Trinajstić information content (AvgIpc) is 2.83. The van der Waals surface area contributed by atoms with E-state index in [1.807, 2.05) is 72.8 Å². The predicted octanol–water partition coefficient (Wildman–Crippen LogP) is 4.83. The van der Waals surface area contributed by atoms with E-state index in [-0.39, 0.29) is 0 Å². The highest BCUT2D eigenvalue weighted by atomic mass is 16.5. The van der Waals surface area contributed by atoms with Crippen molar-refractivity contribution in [3.63, 3.8) is 0 Å². The van der Waals surface area contributed by atoms with Crippen LogP contribution in [0.1, 0.15) is 11.1 Å². The molecule has 6 heteroatoms. The van der Waals surface area contributed by atoms with Crippen molar-refractivity contribution in [2.75, 3.05) is 17.3 Å². The summed E-state index contributed by atoms with van der Waals surface area (Å²) in [5, 5.41) is 11.8. The quantitative estimate of drug-likeness (QED) is 0.459. The third-order valence-corrected chi connectivity index (χ3v) is 4.69. The van der Waals surface area contributed by atoms with Gasteiger partial charge >= 0.3 is 0 Å². The molecular formula is C24H23N5O. The van der Waals surface area contributed by atoms with Crippen molar-refractivity contribution in [1.29, 1.82) is 0 Å². The van der Waals surface area contributed by atoms with Gasteiger partial charge in [0.2, 0.25) is 0 Å². The lowest BCUT2D eigenvalue weighted by Gasteiger charge is -2.23. The second-order valence-corrected chi connectivity index (χ2v) is 6.71. The lowest BCUT2D eigenvalue weighted by molar-refractivity contribution is 0.410. The van der Waals surface area contributed by atoms with Crippen LogP contribution in [0.5, 0.6) is 5.75 Å². The molecule has 0 atom stereocenters. The molecule has 30 heavy (non-hydrogen) atoms. The van der Waals surface area contributed by atoms with Gasteiger partial charge in [0, 0.05) is 17.8 Å². The summed E-state index contributed by atoms with van der Waals surface area (Å²) in [6.07, 6.45) is 1.63. The molecule has 1 N–H and O–H groups in total. The molecular weight excluding hydrogens is 374 g/mol. The highest BCUT2D eigenvalue weighted by Crippen LogP contribution is 2.25. The average molecular weight is 397 g/mol.